The predicted molar refractivity (Wildman–Crippen MR) is 98.8 cm³/mol. The molecule has 6 nitrogen and oxygen atoms in total. The van der Waals surface area contributed by atoms with Crippen LogP contribution in [-0.4, -0.2) is 41.2 Å². The molecule has 0 spiro atoms. The summed E-state index contributed by atoms with van der Waals surface area (Å²) in [6.45, 7) is 2.44. The monoisotopic (exact) mass is 429 g/mol. The van der Waals surface area contributed by atoms with Gasteiger partial charge < -0.3 is 4.74 Å². The minimum absolute atomic E-state index is 0.0175. The molecule has 0 amide bonds. The first-order valence-electron chi connectivity index (χ1n) is 9.56. The second kappa shape index (κ2) is 7.32. The molecule has 1 saturated carbocycles. The van der Waals surface area contributed by atoms with Gasteiger partial charge in [0.15, 0.2) is 0 Å². The molecule has 3 atom stereocenters. The van der Waals surface area contributed by atoms with Crippen molar-refractivity contribution in [3.05, 3.63) is 42.2 Å². The lowest BCUT2D eigenvalue weighted by molar-refractivity contribution is -0.137. The van der Waals surface area contributed by atoms with Crippen LogP contribution in [0.2, 0.25) is 0 Å². The number of ether oxygens (including phenoxy) is 1. The lowest BCUT2D eigenvalue weighted by Crippen LogP contribution is -2.47. The minimum atomic E-state index is -4.46. The number of nitrogens with zero attached hydrogens (tertiary/aromatic N) is 3. The van der Waals surface area contributed by atoms with E-state index in [1.807, 2.05) is 6.92 Å². The Morgan fingerprint density at radius 2 is 2.07 bits per heavy atom. The normalized spacial score (nSPS) is 24.9. The van der Waals surface area contributed by atoms with Crippen molar-refractivity contribution in [2.45, 2.75) is 55.9 Å². The largest absolute Gasteiger partial charge is 0.492 e. The Labute approximate surface area is 167 Å². The molecular weight excluding hydrogens is 407 g/mol. The molecular formula is C19H22F3N3O3S. The molecule has 2 aromatic rings. The van der Waals surface area contributed by atoms with Crippen LogP contribution in [0.15, 0.2) is 41.6 Å². The van der Waals surface area contributed by atoms with Gasteiger partial charge in [0.05, 0.1) is 17.8 Å². The Bertz CT molecular complexity index is 990. The summed E-state index contributed by atoms with van der Waals surface area (Å²) in [5.74, 6) is 0.223. The topological polar surface area (TPSA) is 64.4 Å². The Hall–Kier alpha value is -2.07. The highest BCUT2D eigenvalue weighted by Gasteiger charge is 2.52. The van der Waals surface area contributed by atoms with E-state index in [0.717, 1.165) is 31.4 Å². The van der Waals surface area contributed by atoms with Crippen molar-refractivity contribution in [2.24, 2.45) is 5.92 Å². The number of benzene rings is 1. The highest BCUT2D eigenvalue weighted by molar-refractivity contribution is 7.89. The van der Waals surface area contributed by atoms with Gasteiger partial charge in [0.1, 0.15) is 17.3 Å². The fourth-order valence-corrected chi connectivity index (χ4v) is 6.20. The van der Waals surface area contributed by atoms with E-state index in [0.29, 0.717) is 6.54 Å². The number of piperidine rings is 1. The first-order valence-corrected chi connectivity index (χ1v) is 11.0. The minimum Gasteiger partial charge on any atom is -0.492 e. The van der Waals surface area contributed by atoms with Gasteiger partial charge in [0, 0.05) is 18.8 Å². The number of hydrogen-bond donors (Lipinski definition) is 0. The smallest absolute Gasteiger partial charge is 0.416 e. The highest BCUT2D eigenvalue weighted by Crippen LogP contribution is 2.45. The number of hydrogen-bond acceptors (Lipinski definition) is 4. The second-order valence-electron chi connectivity index (χ2n) is 7.50. The third kappa shape index (κ3) is 3.75. The first-order chi connectivity index (χ1) is 13.7. The SMILES string of the molecule is CCn1cc(S(=O)(=O)N2C3CCC(C3)[C@H]2COc2cccc(C(F)(F)F)c2)cn1. The van der Waals surface area contributed by atoms with Crippen molar-refractivity contribution in [2.75, 3.05) is 6.61 Å². The lowest BCUT2D eigenvalue weighted by atomic mass is 10.0. The molecule has 4 rings (SSSR count). The standard InChI is InChI=1S/C19H22F3N3O3S/c1-2-24-11-17(10-23-24)29(26,27)25-15-7-6-13(8-15)18(25)12-28-16-5-3-4-14(9-16)19(20,21)22/h3-5,9-11,13,15,18H,2,6-8,12H2,1H3/t13?,15?,18-/m1/s1. The maximum Gasteiger partial charge on any atom is 0.416 e. The molecule has 2 heterocycles. The van der Waals surface area contributed by atoms with E-state index in [1.54, 1.807) is 4.68 Å². The molecule has 2 bridgehead atoms. The molecule has 10 heteroatoms. The zero-order chi connectivity index (χ0) is 20.8. The summed E-state index contributed by atoms with van der Waals surface area (Å²) in [7, 11) is -3.75. The Kier molecular flexibility index (Phi) is 5.10. The fourth-order valence-electron chi connectivity index (χ4n) is 4.35. The van der Waals surface area contributed by atoms with Gasteiger partial charge >= 0.3 is 6.18 Å². The quantitative estimate of drug-likeness (QED) is 0.705. The van der Waals surface area contributed by atoms with Gasteiger partial charge in [0.2, 0.25) is 10.0 Å². The molecule has 0 radical (unpaired) electrons. The summed E-state index contributed by atoms with van der Waals surface area (Å²) in [6, 6.07) is 4.15. The summed E-state index contributed by atoms with van der Waals surface area (Å²) >= 11 is 0. The van der Waals surface area contributed by atoms with Crippen LogP contribution in [0.3, 0.4) is 0 Å². The van der Waals surface area contributed by atoms with Gasteiger partial charge in [-0.1, -0.05) is 6.07 Å². The molecule has 1 aromatic heterocycles. The number of fused-ring (bicyclic) bond motifs is 2. The summed E-state index contributed by atoms with van der Waals surface area (Å²) in [6.07, 6.45) is 0.813. The molecule has 0 N–H and O–H groups in total. The fraction of sp³-hybridized carbons (Fsp3) is 0.526. The number of rotatable bonds is 6. The van der Waals surface area contributed by atoms with Crippen LogP contribution in [0.5, 0.6) is 5.75 Å². The summed E-state index contributed by atoms with van der Waals surface area (Å²) in [5, 5.41) is 4.06. The molecule has 2 fully saturated rings. The van der Waals surface area contributed by atoms with Gasteiger partial charge in [-0.05, 0) is 50.3 Å². The lowest BCUT2D eigenvalue weighted by Gasteiger charge is -2.33. The maximum atomic E-state index is 13.2. The first kappa shape index (κ1) is 20.2. The van der Waals surface area contributed by atoms with Gasteiger partial charge in [-0.3, -0.25) is 4.68 Å². The van der Waals surface area contributed by atoms with Crippen molar-refractivity contribution in [3.63, 3.8) is 0 Å². The van der Waals surface area contributed by atoms with Crippen LogP contribution in [0.4, 0.5) is 13.2 Å². The average molecular weight is 429 g/mol. The average Bonchev–Trinajstić information content (AvgIpc) is 3.41. The highest BCUT2D eigenvalue weighted by atomic mass is 32.2. The van der Waals surface area contributed by atoms with Gasteiger partial charge in [-0.25, -0.2) is 8.42 Å². The van der Waals surface area contributed by atoms with Crippen LogP contribution < -0.4 is 4.74 Å². The van der Waals surface area contributed by atoms with Crippen LogP contribution in [-0.2, 0) is 22.7 Å². The summed E-state index contributed by atoms with van der Waals surface area (Å²) in [5.41, 5.74) is -0.792. The van der Waals surface area contributed by atoms with Crippen LogP contribution in [0.25, 0.3) is 0 Å². The number of aryl methyl sites for hydroxylation is 1. The van der Waals surface area contributed by atoms with E-state index < -0.39 is 27.8 Å². The Balaban J connectivity index is 1.55. The summed E-state index contributed by atoms with van der Waals surface area (Å²) in [4.78, 5) is 0.135. The maximum absolute atomic E-state index is 13.2. The van der Waals surface area contributed by atoms with Crippen LogP contribution in [0, 0.1) is 5.92 Å². The number of halogens is 3. The number of sulfonamides is 1. The molecule has 1 aromatic carbocycles. The Morgan fingerprint density at radius 1 is 1.28 bits per heavy atom. The van der Waals surface area contributed by atoms with Gasteiger partial charge in [-0.2, -0.15) is 22.6 Å². The third-order valence-electron chi connectivity index (χ3n) is 5.77. The zero-order valence-electron chi connectivity index (χ0n) is 15.8. The Morgan fingerprint density at radius 3 is 2.76 bits per heavy atom. The molecule has 29 heavy (non-hydrogen) atoms. The van der Waals surface area contributed by atoms with Crippen LogP contribution in [0.1, 0.15) is 31.7 Å². The molecule has 158 valence electrons. The second-order valence-corrected chi connectivity index (χ2v) is 9.34. The van der Waals surface area contributed by atoms with E-state index in [1.165, 1.54) is 28.8 Å². The van der Waals surface area contributed by atoms with E-state index in [2.05, 4.69) is 5.10 Å². The molecule has 2 aliphatic rings. The van der Waals surface area contributed by atoms with Crippen molar-refractivity contribution in [3.8, 4) is 5.75 Å². The molecule has 1 saturated heterocycles. The van der Waals surface area contributed by atoms with Crippen LogP contribution >= 0.6 is 0 Å². The van der Waals surface area contributed by atoms with E-state index in [4.69, 9.17) is 4.74 Å². The van der Waals surface area contributed by atoms with E-state index in [-0.39, 0.29) is 29.2 Å². The molecule has 2 unspecified atom stereocenters. The zero-order valence-corrected chi connectivity index (χ0v) is 16.7. The van der Waals surface area contributed by atoms with Gasteiger partial charge in [0.25, 0.3) is 0 Å². The number of aromatic nitrogens is 2. The summed E-state index contributed by atoms with van der Waals surface area (Å²) < 4.78 is 73.9. The predicted octanol–water partition coefficient (Wildman–Crippen LogP) is 3.54. The van der Waals surface area contributed by atoms with E-state index in [9.17, 15) is 21.6 Å². The third-order valence-corrected chi connectivity index (χ3v) is 7.70. The molecule has 1 aliphatic heterocycles. The van der Waals surface area contributed by atoms with Crippen molar-refractivity contribution < 1.29 is 26.3 Å². The van der Waals surface area contributed by atoms with Crippen molar-refractivity contribution in [1.29, 1.82) is 0 Å². The number of alkyl halides is 3. The van der Waals surface area contributed by atoms with Gasteiger partial charge in [-0.15, -0.1) is 0 Å². The van der Waals surface area contributed by atoms with Crippen molar-refractivity contribution >= 4 is 10.0 Å². The van der Waals surface area contributed by atoms with Crippen molar-refractivity contribution in [1.82, 2.24) is 14.1 Å². The molecule has 1 aliphatic carbocycles. The van der Waals surface area contributed by atoms with E-state index >= 15 is 0 Å².